The van der Waals surface area contributed by atoms with Gasteiger partial charge in [-0.25, -0.2) is 0 Å². The number of hydrogen-bond donors (Lipinski definition) is 1. The molecule has 1 atom stereocenters. The topological polar surface area (TPSA) is 38.3 Å². The van der Waals surface area contributed by atoms with Crippen LogP contribution in [0.3, 0.4) is 0 Å². The molecule has 1 aliphatic heterocycles. The van der Waals surface area contributed by atoms with Crippen LogP contribution in [-0.4, -0.2) is 18.0 Å². The standard InChI is InChI=1S/C17H14F3NO2S/c18-17(19,20)24-12-7-5-11(6-8-12)16(22)21-14-9-10-23-15-4-2-1-3-13(14)15/h1-8,14H,9-10H2,(H,21,22). The summed E-state index contributed by atoms with van der Waals surface area (Å²) < 4.78 is 42.5. The first-order chi connectivity index (χ1) is 11.4. The number of thioether (sulfide) groups is 1. The predicted molar refractivity (Wildman–Crippen MR) is 85.1 cm³/mol. The summed E-state index contributed by atoms with van der Waals surface area (Å²) in [4.78, 5) is 12.4. The Hall–Kier alpha value is -2.15. The summed E-state index contributed by atoms with van der Waals surface area (Å²) in [5.41, 5.74) is -3.11. The van der Waals surface area contributed by atoms with Gasteiger partial charge in [-0.2, -0.15) is 13.2 Å². The van der Waals surface area contributed by atoms with Crippen LogP contribution in [0, 0.1) is 0 Å². The zero-order valence-electron chi connectivity index (χ0n) is 12.5. The van der Waals surface area contributed by atoms with Crippen molar-refractivity contribution in [3.8, 4) is 5.75 Å². The fraction of sp³-hybridized carbons (Fsp3) is 0.235. The molecule has 24 heavy (non-hydrogen) atoms. The minimum Gasteiger partial charge on any atom is -0.493 e. The molecule has 2 aromatic rings. The highest BCUT2D eigenvalue weighted by atomic mass is 32.2. The van der Waals surface area contributed by atoms with Gasteiger partial charge in [-0.3, -0.25) is 4.79 Å². The van der Waals surface area contributed by atoms with Crippen molar-refractivity contribution in [2.24, 2.45) is 0 Å². The molecule has 0 radical (unpaired) electrons. The summed E-state index contributed by atoms with van der Waals surface area (Å²) in [5, 5.41) is 2.91. The summed E-state index contributed by atoms with van der Waals surface area (Å²) in [6.07, 6.45) is 0.644. The quantitative estimate of drug-likeness (QED) is 0.823. The van der Waals surface area contributed by atoms with E-state index in [0.717, 1.165) is 11.3 Å². The van der Waals surface area contributed by atoms with Crippen molar-refractivity contribution in [1.29, 1.82) is 0 Å². The lowest BCUT2D eigenvalue weighted by atomic mass is 10.00. The maximum atomic E-state index is 12.3. The molecular weight excluding hydrogens is 339 g/mol. The average molecular weight is 353 g/mol. The van der Waals surface area contributed by atoms with E-state index in [4.69, 9.17) is 4.74 Å². The Labute approximate surface area is 141 Å². The van der Waals surface area contributed by atoms with E-state index >= 15 is 0 Å². The Kier molecular flexibility index (Phi) is 4.71. The van der Waals surface area contributed by atoms with Crippen LogP contribution in [0.15, 0.2) is 53.4 Å². The molecule has 1 amide bonds. The molecular formula is C17H14F3NO2S. The molecule has 0 spiro atoms. The van der Waals surface area contributed by atoms with Gasteiger partial charge >= 0.3 is 5.51 Å². The highest BCUT2D eigenvalue weighted by Crippen LogP contribution is 2.37. The molecule has 7 heteroatoms. The second-order valence-electron chi connectivity index (χ2n) is 5.27. The molecule has 1 heterocycles. The van der Waals surface area contributed by atoms with Crippen molar-refractivity contribution in [3.05, 3.63) is 59.7 Å². The van der Waals surface area contributed by atoms with Gasteiger partial charge in [0.1, 0.15) is 5.75 Å². The van der Waals surface area contributed by atoms with Crippen LogP contribution in [0.4, 0.5) is 13.2 Å². The summed E-state index contributed by atoms with van der Waals surface area (Å²) in [6.45, 7) is 0.503. The van der Waals surface area contributed by atoms with Crippen molar-refractivity contribution in [3.63, 3.8) is 0 Å². The number of benzene rings is 2. The molecule has 3 nitrogen and oxygen atoms in total. The Morgan fingerprint density at radius 3 is 2.54 bits per heavy atom. The molecule has 0 aromatic heterocycles. The smallest absolute Gasteiger partial charge is 0.446 e. The summed E-state index contributed by atoms with van der Waals surface area (Å²) in [7, 11) is 0. The number of halogens is 3. The predicted octanol–water partition coefficient (Wildman–Crippen LogP) is 4.55. The second-order valence-corrected chi connectivity index (χ2v) is 6.41. The monoisotopic (exact) mass is 353 g/mol. The lowest BCUT2D eigenvalue weighted by Gasteiger charge is -2.26. The van der Waals surface area contributed by atoms with Crippen LogP contribution in [0.25, 0.3) is 0 Å². The van der Waals surface area contributed by atoms with Crippen molar-refractivity contribution < 1.29 is 22.7 Å². The number of carbonyl (C=O) groups excluding carboxylic acids is 1. The number of rotatable bonds is 3. The fourth-order valence-electron chi connectivity index (χ4n) is 2.54. The number of nitrogens with one attached hydrogen (secondary N) is 1. The van der Waals surface area contributed by atoms with Gasteiger partial charge in [0, 0.05) is 22.4 Å². The van der Waals surface area contributed by atoms with E-state index in [1.807, 2.05) is 24.3 Å². The van der Waals surface area contributed by atoms with Crippen LogP contribution >= 0.6 is 11.8 Å². The maximum Gasteiger partial charge on any atom is 0.446 e. The zero-order chi connectivity index (χ0) is 17.2. The summed E-state index contributed by atoms with van der Waals surface area (Å²) >= 11 is -0.201. The first-order valence-electron chi connectivity index (χ1n) is 7.31. The number of alkyl halides is 3. The van der Waals surface area contributed by atoms with Crippen molar-refractivity contribution in [2.75, 3.05) is 6.61 Å². The molecule has 1 unspecified atom stereocenters. The minimum absolute atomic E-state index is 0.0514. The summed E-state index contributed by atoms with van der Waals surface area (Å²) in [6, 6.07) is 12.7. The van der Waals surface area contributed by atoms with E-state index in [-0.39, 0.29) is 28.6 Å². The molecule has 0 saturated heterocycles. The van der Waals surface area contributed by atoms with Gasteiger partial charge in [-0.05, 0) is 42.1 Å². The van der Waals surface area contributed by atoms with Crippen LogP contribution in [0.5, 0.6) is 5.75 Å². The van der Waals surface area contributed by atoms with E-state index in [1.165, 1.54) is 24.3 Å². The molecule has 0 bridgehead atoms. The first-order valence-corrected chi connectivity index (χ1v) is 8.12. The number of fused-ring (bicyclic) bond motifs is 1. The van der Waals surface area contributed by atoms with Crippen molar-refractivity contribution in [2.45, 2.75) is 22.9 Å². The molecule has 0 aliphatic carbocycles. The van der Waals surface area contributed by atoms with E-state index in [9.17, 15) is 18.0 Å². The molecule has 1 N–H and O–H groups in total. The van der Waals surface area contributed by atoms with Gasteiger partial charge < -0.3 is 10.1 Å². The van der Waals surface area contributed by atoms with Gasteiger partial charge in [-0.15, -0.1) is 0 Å². The second kappa shape index (κ2) is 6.76. The Morgan fingerprint density at radius 1 is 1.12 bits per heavy atom. The number of hydrogen-bond acceptors (Lipinski definition) is 3. The Morgan fingerprint density at radius 2 is 1.83 bits per heavy atom. The zero-order valence-corrected chi connectivity index (χ0v) is 13.3. The van der Waals surface area contributed by atoms with Crippen molar-refractivity contribution >= 4 is 17.7 Å². The van der Waals surface area contributed by atoms with Gasteiger partial charge in [0.25, 0.3) is 5.91 Å². The average Bonchev–Trinajstić information content (AvgIpc) is 2.54. The number of ether oxygens (including phenoxy) is 1. The normalized spacial score (nSPS) is 16.9. The van der Waals surface area contributed by atoms with E-state index < -0.39 is 5.51 Å². The lowest BCUT2D eigenvalue weighted by molar-refractivity contribution is -0.0328. The number of carbonyl (C=O) groups is 1. The van der Waals surface area contributed by atoms with Crippen LogP contribution in [0.2, 0.25) is 0 Å². The fourth-order valence-corrected chi connectivity index (χ4v) is 3.08. The van der Waals surface area contributed by atoms with E-state index in [1.54, 1.807) is 0 Å². The van der Waals surface area contributed by atoms with E-state index in [2.05, 4.69) is 5.32 Å². The molecule has 2 aromatic carbocycles. The van der Waals surface area contributed by atoms with Crippen LogP contribution in [-0.2, 0) is 0 Å². The minimum atomic E-state index is -4.34. The number of amides is 1. The SMILES string of the molecule is O=C(NC1CCOc2ccccc21)c1ccc(SC(F)(F)F)cc1. The van der Waals surface area contributed by atoms with Gasteiger partial charge in [0.15, 0.2) is 0 Å². The third kappa shape index (κ3) is 4.03. The van der Waals surface area contributed by atoms with Gasteiger partial charge in [-0.1, -0.05) is 18.2 Å². The molecule has 1 aliphatic rings. The lowest BCUT2D eigenvalue weighted by Crippen LogP contribution is -2.32. The van der Waals surface area contributed by atoms with Gasteiger partial charge in [0.2, 0.25) is 0 Å². The van der Waals surface area contributed by atoms with Crippen LogP contribution < -0.4 is 10.1 Å². The molecule has 126 valence electrons. The van der Waals surface area contributed by atoms with Gasteiger partial charge in [0.05, 0.1) is 12.6 Å². The highest BCUT2D eigenvalue weighted by Gasteiger charge is 2.29. The molecule has 0 saturated carbocycles. The van der Waals surface area contributed by atoms with E-state index in [0.29, 0.717) is 18.6 Å². The maximum absolute atomic E-state index is 12.3. The number of para-hydroxylation sites is 1. The summed E-state index contributed by atoms with van der Waals surface area (Å²) in [5.74, 6) is 0.422. The van der Waals surface area contributed by atoms with Crippen LogP contribution in [0.1, 0.15) is 28.4 Å². The Bertz CT molecular complexity index is 731. The first kappa shape index (κ1) is 16.7. The largest absolute Gasteiger partial charge is 0.493 e. The third-order valence-electron chi connectivity index (χ3n) is 3.61. The molecule has 0 fully saturated rings. The molecule has 3 rings (SSSR count). The Balaban J connectivity index is 1.70. The third-order valence-corrected chi connectivity index (χ3v) is 4.35. The van der Waals surface area contributed by atoms with Crippen molar-refractivity contribution in [1.82, 2.24) is 5.32 Å². The highest BCUT2D eigenvalue weighted by molar-refractivity contribution is 8.00.